The van der Waals surface area contributed by atoms with Crippen molar-refractivity contribution in [1.29, 1.82) is 0 Å². The van der Waals surface area contributed by atoms with Gasteiger partial charge in [0.25, 0.3) is 0 Å². The molecule has 1 N–H and O–H groups in total. The minimum Gasteiger partial charge on any atom is -0.392 e. The van der Waals surface area contributed by atoms with Crippen LogP contribution in [-0.4, -0.2) is 10.2 Å². The first kappa shape index (κ1) is 8.74. The number of aromatic amines is 1. The number of hydrogen-bond donors (Lipinski definition) is 1. The van der Waals surface area contributed by atoms with Crippen LogP contribution in [0.1, 0.15) is 24.3 Å². The predicted octanol–water partition coefficient (Wildman–Crippen LogP) is 1.51. The number of benzene rings is 1. The van der Waals surface area contributed by atoms with Gasteiger partial charge in [-0.05, 0) is 12.5 Å². The van der Waals surface area contributed by atoms with Gasteiger partial charge >= 0.3 is 5.76 Å². The van der Waals surface area contributed by atoms with Crippen LogP contribution in [0.25, 0.3) is 0 Å². The maximum Gasteiger partial charge on any atom is 0.434 e. The Labute approximate surface area is 80.6 Å². The first-order valence-electron chi connectivity index (χ1n) is 4.37. The van der Waals surface area contributed by atoms with E-state index in [1.165, 1.54) is 0 Å². The monoisotopic (exact) mass is 190 g/mol. The van der Waals surface area contributed by atoms with E-state index < -0.39 is 5.76 Å². The van der Waals surface area contributed by atoms with E-state index in [1.807, 2.05) is 37.3 Å². The summed E-state index contributed by atoms with van der Waals surface area (Å²) in [6.45, 7) is 1.94. The van der Waals surface area contributed by atoms with Crippen molar-refractivity contribution in [3.8, 4) is 0 Å². The van der Waals surface area contributed by atoms with E-state index >= 15 is 0 Å². The van der Waals surface area contributed by atoms with Gasteiger partial charge in [0, 0.05) is 0 Å². The molecule has 0 spiro atoms. The molecule has 0 aliphatic rings. The zero-order valence-electron chi connectivity index (χ0n) is 7.73. The van der Waals surface area contributed by atoms with E-state index in [2.05, 4.69) is 10.2 Å². The van der Waals surface area contributed by atoms with E-state index in [9.17, 15) is 4.79 Å². The Balaban J connectivity index is 2.33. The molecule has 1 aromatic carbocycles. The summed E-state index contributed by atoms with van der Waals surface area (Å²) in [5.41, 5.74) is 1.07. The normalized spacial score (nSPS) is 12.6. The molecule has 2 aromatic rings. The van der Waals surface area contributed by atoms with Gasteiger partial charge in [0.05, 0.1) is 5.92 Å². The van der Waals surface area contributed by atoms with Gasteiger partial charge in [-0.1, -0.05) is 30.3 Å². The average Bonchev–Trinajstić information content (AvgIpc) is 2.65. The highest BCUT2D eigenvalue weighted by Gasteiger charge is 2.13. The van der Waals surface area contributed by atoms with Crippen molar-refractivity contribution in [3.63, 3.8) is 0 Å². The fraction of sp³-hybridized carbons (Fsp3) is 0.200. The maximum atomic E-state index is 10.7. The van der Waals surface area contributed by atoms with Crippen molar-refractivity contribution in [3.05, 3.63) is 52.3 Å². The Kier molecular flexibility index (Phi) is 2.18. The summed E-state index contributed by atoms with van der Waals surface area (Å²) >= 11 is 0. The topological polar surface area (TPSA) is 58.9 Å². The van der Waals surface area contributed by atoms with Gasteiger partial charge in [-0.2, -0.15) is 0 Å². The van der Waals surface area contributed by atoms with E-state index in [4.69, 9.17) is 4.42 Å². The standard InChI is InChI=1S/C10H10N2O2/c1-7(8-5-3-2-4-6-8)9-11-12-10(13)14-9/h2-7H,1H3,(H,12,13). The molecule has 1 aromatic heterocycles. The maximum absolute atomic E-state index is 10.7. The van der Waals surface area contributed by atoms with Gasteiger partial charge in [0.15, 0.2) is 0 Å². The predicted molar refractivity (Wildman–Crippen MR) is 51.1 cm³/mol. The molecule has 4 nitrogen and oxygen atoms in total. The zero-order chi connectivity index (χ0) is 9.97. The largest absolute Gasteiger partial charge is 0.434 e. The second kappa shape index (κ2) is 3.49. The van der Waals surface area contributed by atoms with Gasteiger partial charge in [-0.15, -0.1) is 5.10 Å². The number of hydrogen-bond acceptors (Lipinski definition) is 3. The van der Waals surface area contributed by atoms with Gasteiger partial charge in [-0.25, -0.2) is 9.89 Å². The summed E-state index contributed by atoms with van der Waals surface area (Å²) in [4.78, 5) is 10.7. The molecule has 72 valence electrons. The molecule has 0 fully saturated rings. The molecule has 0 radical (unpaired) electrons. The first-order chi connectivity index (χ1) is 6.77. The summed E-state index contributed by atoms with van der Waals surface area (Å²) in [6.07, 6.45) is 0. The molecular formula is C10H10N2O2. The number of nitrogens with zero attached hydrogens (tertiary/aromatic N) is 1. The summed E-state index contributed by atoms with van der Waals surface area (Å²) in [5.74, 6) is -0.0980. The Hall–Kier alpha value is -1.84. The van der Waals surface area contributed by atoms with Crippen LogP contribution in [0.15, 0.2) is 39.5 Å². The second-order valence-corrected chi connectivity index (χ2v) is 3.08. The molecule has 0 saturated heterocycles. The molecule has 2 rings (SSSR count). The molecule has 1 heterocycles. The third-order valence-electron chi connectivity index (χ3n) is 2.12. The van der Waals surface area contributed by atoms with Crippen LogP contribution < -0.4 is 5.76 Å². The van der Waals surface area contributed by atoms with Crippen molar-refractivity contribution < 1.29 is 4.42 Å². The molecule has 0 bridgehead atoms. The lowest BCUT2D eigenvalue weighted by molar-refractivity contribution is 0.450. The lowest BCUT2D eigenvalue weighted by atomic mass is 10.0. The van der Waals surface area contributed by atoms with Crippen molar-refractivity contribution in [1.82, 2.24) is 10.2 Å². The number of nitrogens with one attached hydrogen (secondary N) is 1. The second-order valence-electron chi connectivity index (χ2n) is 3.08. The minimum atomic E-state index is -0.511. The highest BCUT2D eigenvalue weighted by Crippen LogP contribution is 2.20. The van der Waals surface area contributed by atoms with Gasteiger partial charge in [0.2, 0.25) is 5.89 Å². The number of aromatic nitrogens is 2. The molecule has 0 saturated carbocycles. The van der Waals surface area contributed by atoms with E-state index in [1.54, 1.807) is 0 Å². The van der Waals surface area contributed by atoms with Crippen LogP contribution in [0.5, 0.6) is 0 Å². The molecule has 4 heteroatoms. The molecule has 1 unspecified atom stereocenters. The summed E-state index contributed by atoms with van der Waals surface area (Å²) in [7, 11) is 0. The van der Waals surface area contributed by atoms with Gasteiger partial charge in [-0.3, -0.25) is 0 Å². The van der Waals surface area contributed by atoms with Crippen LogP contribution in [0.2, 0.25) is 0 Å². The summed E-state index contributed by atoms with van der Waals surface area (Å²) < 4.78 is 4.88. The first-order valence-corrected chi connectivity index (χ1v) is 4.37. The summed E-state index contributed by atoms with van der Waals surface area (Å²) in [5, 5.41) is 6.03. The lowest BCUT2D eigenvalue weighted by Crippen LogP contribution is -1.96. The van der Waals surface area contributed by atoms with E-state index in [0.717, 1.165) is 5.56 Å². The van der Waals surface area contributed by atoms with Gasteiger partial charge in [0.1, 0.15) is 0 Å². The molecule has 14 heavy (non-hydrogen) atoms. The smallest absolute Gasteiger partial charge is 0.392 e. The van der Waals surface area contributed by atoms with Crippen molar-refractivity contribution in [2.75, 3.05) is 0 Å². The fourth-order valence-corrected chi connectivity index (χ4v) is 1.31. The Bertz CT molecular complexity index is 458. The quantitative estimate of drug-likeness (QED) is 0.780. The minimum absolute atomic E-state index is 0.00449. The fourth-order valence-electron chi connectivity index (χ4n) is 1.31. The van der Waals surface area contributed by atoms with E-state index in [0.29, 0.717) is 5.89 Å². The Morgan fingerprint density at radius 2 is 2.07 bits per heavy atom. The SMILES string of the molecule is CC(c1ccccc1)c1n[nH]c(=O)o1. The third kappa shape index (κ3) is 1.59. The third-order valence-corrected chi connectivity index (χ3v) is 2.12. The Morgan fingerprint density at radius 1 is 1.36 bits per heavy atom. The van der Waals surface area contributed by atoms with Crippen LogP contribution >= 0.6 is 0 Å². The molecular weight excluding hydrogens is 180 g/mol. The zero-order valence-corrected chi connectivity index (χ0v) is 7.73. The van der Waals surface area contributed by atoms with Gasteiger partial charge < -0.3 is 4.42 Å². The van der Waals surface area contributed by atoms with E-state index in [-0.39, 0.29) is 5.92 Å². The molecule has 0 aliphatic carbocycles. The van der Waals surface area contributed by atoms with Crippen LogP contribution in [0.4, 0.5) is 0 Å². The molecule has 1 atom stereocenters. The van der Waals surface area contributed by atoms with Crippen LogP contribution in [0, 0.1) is 0 Å². The number of H-pyrrole nitrogens is 1. The average molecular weight is 190 g/mol. The highest BCUT2D eigenvalue weighted by atomic mass is 16.4. The lowest BCUT2D eigenvalue weighted by Gasteiger charge is -2.05. The van der Waals surface area contributed by atoms with Crippen molar-refractivity contribution >= 4 is 0 Å². The van der Waals surface area contributed by atoms with Crippen molar-refractivity contribution in [2.24, 2.45) is 0 Å². The molecule has 0 amide bonds. The van der Waals surface area contributed by atoms with Crippen LogP contribution in [-0.2, 0) is 0 Å². The summed E-state index contributed by atoms with van der Waals surface area (Å²) in [6, 6.07) is 9.77. The highest BCUT2D eigenvalue weighted by molar-refractivity contribution is 5.22. The van der Waals surface area contributed by atoms with Crippen LogP contribution in [0.3, 0.4) is 0 Å². The number of rotatable bonds is 2. The van der Waals surface area contributed by atoms with Crippen molar-refractivity contribution in [2.45, 2.75) is 12.8 Å². The molecule has 0 aliphatic heterocycles. The Morgan fingerprint density at radius 3 is 2.64 bits per heavy atom.